The summed E-state index contributed by atoms with van der Waals surface area (Å²) in [4.78, 5) is 12.4. The normalized spacial score (nSPS) is 22.1. The van der Waals surface area contributed by atoms with Crippen molar-refractivity contribution in [2.24, 2.45) is 11.3 Å². The van der Waals surface area contributed by atoms with Crippen molar-refractivity contribution in [3.05, 3.63) is 34.1 Å². The lowest BCUT2D eigenvalue weighted by Crippen LogP contribution is -2.27. The maximum Gasteiger partial charge on any atom is 0.140 e. The Kier molecular flexibility index (Phi) is 3.90. The van der Waals surface area contributed by atoms with E-state index in [1.807, 2.05) is 0 Å². The van der Waals surface area contributed by atoms with Crippen LogP contribution in [-0.2, 0) is 11.2 Å². The van der Waals surface area contributed by atoms with E-state index in [0.717, 1.165) is 29.3 Å². The molecule has 0 bridgehead atoms. The maximum atomic E-state index is 13.2. The van der Waals surface area contributed by atoms with Gasteiger partial charge in [0.15, 0.2) is 0 Å². The molecule has 2 rings (SSSR count). The van der Waals surface area contributed by atoms with Crippen LogP contribution in [0.25, 0.3) is 0 Å². The molecular formula is C15H18BrFO. The molecule has 0 spiro atoms. The molecule has 1 atom stereocenters. The van der Waals surface area contributed by atoms with E-state index in [2.05, 4.69) is 29.8 Å². The number of carbonyl (C=O) groups is 1. The number of halogens is 2. The van der Waals surface area contributed by atoms with Gasteiger partial charge < -0.3 is 0 Å². The van der Waals surface area contributed by atoms with Gasteiger partial charge in [-0.25, -0.2) is 4.39 Å². The Morgan fingerprint density at radius 1 is 1.50 bits per heavy atom. The number of rotatable bonds is 3. The molecule has 1 aromatic rings. The minimum Gasteiger partial charge on any atom is -0.299 e. The summed E-state index contributed by atoms with van der Waals surface area (Å²) in [5.41, 5.74) is 0.847. The quantitative estimate of drug-likeness (QED) is 0.801. The van der Waals surface area contributed by atoms with Crippen LogP contribution in [0.4, 0.5) is 4.39 Å². The number of hydrogen-bond donors (Lipinski definition) is 0. The van der Waals surface area contributed by atoms with Crippen molar-refractivity contribution in [3.63, 3.8) is 0 Å². The summed E-state index contributed by atoms with van der Waals surface area (Å²) in [6.07, 6.45) is 3.52. The van der Waals surface area contributed by atoms with Gasteiger partial charge in [-0.2, -0.15) is 0 Å². The highest BCUT2D eigenvalue weighted by molar-refractivity contribution is 9.10. The molecule has 0 saturated heterocycles. The van der Waals surface area contributed by atoms with Crippen molar-refractivity contribution < 1.29 is 9.18 Å². The third-order valence-corrected chi connectivity index (χ3v) is 4.79. The largest absolute Gasteiger partial charge is 0.299 e. The number of Topliss-reactive ketones (excluding diaryl/α,β-unsaturated/α-hetero) is 1. The van der Waals surface area contributed by atoms with Crippen LogP contribution in [0.15, 0.2) is 22.7 Å². The van der Waals surface area contributed by atoms with Gasteiger partial charge in [-0.3, -0.25) is 4.79 Å². The summed E-state index contributed by atoms with van der Waals surface area (Å²) in [7, 11) is 0. The second-order valence-electron chi connectivity index (χ2n) is 5.81. The van der Waals surface area contributed by atoms with Gasteiger partial charge in [-0.1, -0.05) is 36.2 Å². The predicted octanol–water partition coefficient (Wildman–Crippen LogP) is 4.53. The average Bonchev–Trinajstić information content (AvgIpc) is 2.63. The first-order valence-electron chi connectivity index (χ1n) is 6.37. The maximum absolute atomic E-state index is 13.2. The molecule has 1 aliphatic rings. The highest BCUT2D eigenvalue weighted by Crippen LogP contribution is 2.43. The Balaban J connectivity index is 2.14. The van der Waals surface area contributed by atoms with Crippen LogP contribution in [-0.4, -0.2) is 5.78 Å². The number of carbonyl (C=O) groups excluding carboxylic acids is 1. The van der Waals surface area contributed by atoms with Gasteiger partial charge in [0, 0.05) is 16.8 Å². The lowest BCUT2D eigenvalue weighted by Gasteiger charge is -2.25. The van der Waals surface area contributed by atoms with Gasteiger partial charge in [-0.05, 0) is 42.0 Å². The fourth-order valence-corrected chi connectivity index (χ4v) is 3.30. The van der Waals surface area contributed by atoms with Gasteiger partial charge in [0.2, 0.25) is 0 Å². The summed E-state index contributed by atoms with van der Waals surface area (Å²) >= 11 is 3.38. The lowest BCUT2D eigenvalue weighted by atomic mass is 9.78. The average molecular weight is 313 g/mol. The van der Waals surface area contributed by atoms with E-state index in [4.69, 9.17) is 0 Å². The van der Waals surface area contributed by atoms with E-state index < -0.39 is 0 Å². The molecule has 1 unspecified atom stereocenters. The molecule has 1 aromatic carbocycles. The summed E-state index contributed by atoms with van der Waals surface area (Å²) in [5, 5.41) is 0. The monoisotopic (exact) mass is 312 g/mol. The molecule has 0 heterocycles. The molecule has 1 saturated carbocycles. The van der Waals surface area contributed by atoms with E-state index in [0.29, 0.717) is 6.42 Å². The molecular weight excluding hydrogens is 295 g/mol. The van der Waals surface area contributed by atoms with Crippen molar-refractivity contribution >= 4 is 21.7 Å². The van der Waals surface area contributed by atoms with E-state index in [1.165, 1.54) is 12.1 Å². The van der Waals surface area contributed by atoms with Crippen LogP contribution in [0.1, 0.15) is 38.7 Å². The predicted molar refractivity (Wildman–Crippen MR) is 73.9 cm³/mol. The summed E-state index contributed by atoms with van der Waals surface area (Å²) in [6, 6.07) is 4.51. The first-order valence-corrected chi connectivity index (χ1v) is 7.16. The van der Waals surface area contributed by atoms with Crippen molar-refractivity contribution in [2.45, 2.75) is 39.5 Å². The molecule has 1 aliphatic carbocycles. The second-order valence-corrected chi connectivity index (χ2v) is 6.67. The molecule has 18 heavy (non-hydrogen) atoms. The lowest BCUT2D eigenvalue weighted by molar-refractivity contribution is -0.124. The fourth-order valence-electron chi connectivity index (χ4n) is 2.91. The highest BCUT2D eigenvalue weighted by Gasteiger charge is 2.38. The Labute approximate surface area is 116 Å². The molecule has 0 N–H and O–H groups in total. The van der Waals surface area contributed by atoms with Crippen LogP contribution < -0.4 is 0 Å². The molecule has 98 valence electrons. The van der Waals surface area contributed by atoms with Crippen molar-refractivity contribution in [2.75, 3.05) is 0 Å². The Morgan fingerprint density at radius 3 is 2.83 bits per heavy atom. The molecule has 1 nitrogen and oxygen atoms in total. The highest BCUT2D eigenvalue weighted by atomic mass is 79.9. The van der Waals surface area contributed by atoms with E-state index in [1.54, 1.807) is 6.07 Å². The number of hydrogen-bond acceptors (Lipinski definition) is 1. The summed E-state index contributed by atoms with van der Waals surface area (Å²) < 4.78 is 14.0. The number of ketones is 1. The minimum atomic E-state index is -0.285. The Bertz CT molecular complexity index is 468. The Morgan fingerprint density at radius 2 is 2.22 bits per heavy atom. The molecule has 0 aromatic heterocycles. The second kappa shape index (κ2) is 5.12. The van der Waals surface area contributed by atoms with Gasteiger partial charge >= 0.3 is 0 Å². The zero-order valence-electron chi connectivity index (χ0n) is 10.8. The molecule has 3 heteroatoms. The van der Waals surface area contributed by atoms with E-state index in [-0.39, 0.29) is 22.9 Å². The van der Waals surface area contributed by atoms with Crippen molar-refractivity contribution in [1.29, 1.82) is 0 Å². The van der Waals surface area contributed by atoms with Crippen LogP contribution >= 0.6 is 15.9 Å². The Hall–Kier alpha value is -0.700. The molecule has 1 fully saturated rings. The van der Waals surface area contributed by atoms with Gasteiger partial charge in [-0.15, -0.1) is 0 Å². The standard InChI is InChI=1S/C15H18BrFO/c1-15(2)7-3-4-12(15)14(18)9-10-8-11(17)5-6-13(10)16/h5-6,8,12H,3-4,7,9H2,1-2H3. The van der Waals surface area contributed by atoms with E-state index >= 15 is 0 Å². The first kappa shape index (κ1) is 13.7. The van der Waals surface area contributed by atoms with Crippen LogP contribution in [0, 0.1) is 17.2 Å². The zero-order chi connectivity index (χ0) is 13.3. The van der Waals surface area contributed by atoms with Crippen LogP contribution in [0.3, 0.4) is 0 Å². The van der Waals surface area contributed by atoms with E-state index in [9.17, 15) is 9.18 Å². The van der Waals surface area contributed by atoms with Gasteiger partial charge in [0.05, 0.1) is 0 Å². The number of benzene rings is 1. The van der Waals surface area contributed by atoms with Crippen LogP contribution in [0.5, 0.6) is 0 Å². The van der Waals surface area contributed by atoms with Crippen molar-refractivity contribution in [1.82, 2.24) is 0 Å². The summed E-state index contributed by atoms with van der Waals surface area (Å²) in [5.74, 6) is 0.0724. The topological polar surface area (TPSA) is 17.1 Å². The molecule has 0 amide bonds. The van der Waals surface area contributed by atoms with Gasteiger partial charge in [0.1, 0.15) is 11.6 Å². The molecule has 0 radical (unpaired) electrons. The van der Waals surface area contributed by atoms with Crippen LogP contribution in [0.2, 0.25) is 0 Å². The third kappa shape index (κ3) is 2.82. The summed E-state index contributed by atoms with van der Waals surface area (Å²) in [6.45, 7) is 4.31. The smallest absolute Gasteiger partial charge is 0.140 e. The SMILES string of the molecule is CC1(C)CCCC1C(=O)Cc1cc(F)ccc1Br. The fraction of sp³-hybridized carbons (Fsp3) is 0.533. The molecule has 0 aliphatic heterocycles. The third-order valence-electron chi connectivity index (χ3n) is 4.02. The van der Waals surface area contributed by atoms with Gasteiger partial charge in [0.25, 0.3) is 0 Å². The minimum absolute atomic E-state index is 0.0941. The van der Waals surface area contributed by atoms with Crippen molar-refractivity contribution in [3.8, 4) is 0 Å². The zero-order valence-corrected chi connectivity index (χ0v) is 12.4. The first-order chi connectivity index (χ1) is 8.40.